The van der Waals surface area contributed by atoms with E-state index in [-0.39, 0.29) is 6.61 Å². The Bertz CT molecular complexity index is 546. The van der Waals surface area contributed by atoms with Crippen LogP contribution in [0.4, 0.5) is 0 Å². The van der Waals surface area contributed by atoms with E-state index in [4.69, 9.17) is 10.00 Å². The van der Waals surface area contributed by atoms with E-state index in [1.165, 1.54) is 0 Å². The molecule has 0 aliphatic carbocycles. The minimum atomic E-state index is -0.417. The summed E-state index contributed by atoms with van der Waals surface area (Å²) in [5, 5.41) is 18.2. The second-order valence-corrected chi connectivity index (χ2v) is 3.84. The Morgan fingerprint density at radius 3 is 2.56 bits per heavy atom. The summed E-state index contributed by atoms with van der Waals surface area (Å²) in [6.07, 6.45) is -0.417. The Hall–Kier alpha value is -2.31. The summed E-state index contributed by atoms with van der Waals surface area (Å²) in [5.74, 6) is 0.581. The van der Waals surface area contributed by atoms with Crippen molar-refractivity contribution >= 4 is 0 Å². The van der Waals surface area contributed by atoms with Gasteiger partial charge in [0, 0.05) is 0 Å². The lowest BCUT2D eigenvalue weighted by Crippen LogP contribution is -2.11. The van der Waals surface area contributed by atoms with E-state index in [2.05, 4.69) is 6.07 Å². The molecule has 18 heavy (non-hydrogen) atoms. The molecular formula is C15H13NO2. The van der Waals surface area contributed by atoms with Crippen LogP contribution in [0.15, 0.2) is 54.6 Å². The first-order valence-corrected chi connectivity index (χ1v) is 5.66. The van der Waals surface area contributed by atoms with Gasteiger partial charge in [0.25, 0.3) is 0 Å². The number of ether oxygens (including phenoxy) is 1. The molecule has 0 heterocycles. The van der Waals surface area contributed by atoms with E-state index in [0.29, 0.717) is 11.3 Å². The number of rotatable bonds is 4. The van der Waals surface area contributed by atoms with Gasteiger partial charge in [-0.25, -0.2) is 0 Å². The Morgan fingerprint density at radius 1 is 1.11 bits per heavy atom. The van der Waals surface area contributed by atoms with Gasteiger partial charge in [-0.2, -0.15) is 5.26 Å². The number of nitrogens with zero attached hydrogens (tertiary/aromatic N) is 1. The number of benzene rings is 2. The summed E-state index contributed by atoms with van der Waals surface area (Å²) < 4.78 is 5.69. The fraction of sp³-hybridized carbons (Fsp3) is 0.133. The summed E-state index contributed by atoms with van der Waals surface area (Å²) in [6, 6.07) is 18.5. The highest BCUT2D eigenvalue weighted by Crippen LogP contribution is 2.22. The maximum atomic E-state index is 9.38. The molecule has 0 aliphatic rings. The molecule has 3 heteroatoms. The van der Waals surface area contributed by atoms with Crippen molar-refractivity contribution in [2.45, 2.75) is 6.10 Å². The minimum Gasteiger partial charge on any atom is -0.483 e. The molecule has 2 aromatic carbocycles. The molecule has 0 saturated carbocycles. The molecule has 0 bridgehead atoms. The first-order valence-electron chi connectivity index (χ1n) is 5.66. The van der Waals surface area contributed by atoms with E-state index in [1.807, 2.05) is 30.3 Å². The van der Waals surface area contributed by atoms with Gasteiger partial charge in [-0.3, -0.25) is 0 Å². The predicted octanol–water partition coefficient (Wildman–Crippen LogP) is 2.67. The molecule has 0 aliphatic heterocycles. The van der Waals surface area contributed by atoms with Crippen molar-refractivity contribution in [3.8, 4) is 11.8 Å². The highest BCUT2D eigenvalue weighted by molar-refractivity contribution is 5.36. The van der Waals surface area contributed by atoms with Crippen molar-refractivity contribution in [1.82, 2.24) is 0 Å². The molecule has 0 spiro atoms. The summed E-state index contributed by atoms with van der Waals surface area (Å²) in [7, 11) is 0. The van der Waals surface area contributed by atoms with Crippen molar-refractivity contribution < 1.29 is 9.84 Å². The number of hydrogen-bond acceptors (Lipinski definition) is 3. The third-order valence-electron chi connectivity index (χ3n) is 2.58. The third-order valence-corrected chi connectivity index (χ3v) is 2.58. The lowest BCUT2D eigenvalue weighted by atomic mass is 10.1. The molecule has 90 valence electrons. The number of aliphatic hydroxyl groups excluding tert-OH is 1. The van der Waals surface area contributed by atoms with Gasteiger partial charge in [0.15, 0.2) is 0 Å². The molecule has 0 saturated heterocycles. The summed E-state index contributed by atoms with van der Waals surface area (Å²) in [5.41, 5.74) is 1.44. The van der Waals surface area contributed by atoms with Gasteiger partial charge in [-0.15, -0.1) is 0 Å². The Balaban J connectivity index is 2.18. The third kappa shape index (κ3) is 2.88. The predicted molar refractivity (Wildman–Crippen MR) is 68.1 cm³/mol. The van der Waals surface area contributed by atoms with Gasteiger partial charge in [-0.05, 0) is 23.8 Å². The molecule has 3 nitrogen and oxygen atoms in total. The monoisotopic (exact) mass is 239 g/mol. The van der Waals surface area contributed by atoms with Crippen LogP contribution in [0.25, 0.3) is 0 Å². The van der Waals surface area contributed by atoms with Gasteiger partial charge in [-0.1, -0.05) is 36.4 Å². The van der Waals surface area contributed by atoms with Crippen LogP contribution in [0.5, 0.6) is 5.75 Å². The fourth-order valence-corrected chi connectivity index (χ4v) is 1.68. The van der Waals surface area contributed by atoms with Gasteiger partial charge < -0.3 is 9.84 Å². The van der Waals surface area contributed by atoms with E-state index in [9.17, 15) is 5.11 Å². The van der Waals surface area contributed by atoms with E-state index in [0.717, 1.165) is 5.56 Å². The van der Waals surface area contributed by atoms with Crippen LogP contribution in [-0.4, -0.2) is 11.7 Å². The van der Waals surface area contributed by atoms with Crippen molar-refractivity contribution in [1.29, 1.82) is 5.26 Å². The average molecular weight is 239 g/mol. The second kappa shape index (κ2) is 5.85. The fourth-order valence-electron chi connectivity index (χ4n) is 1.68. The average Bonchev–Trinajstić information content (AvgIpc) is 2.46. The SMILES string of the molecule is N#Cc1cccc(OC(CO)c2ccccc2)c1. The lowest BCUT2D eigenvalue weighted by molar-refractivity contribution is 0.116. The molecule has 0 radical (unpaired) electrons. The van der Waals surface area contributed by atoms with Crippen molar-refractivity contribution in [3.63, 3.8) is 0 Å². The largest absolute Gasteiger partial charge is 0.483 e. The van der Waals surface area contributed by atoms with Crippen LogP contribution < -0.4 is 4.74 Å². The van der Waals surface area contributed by atoms with Crippen molar-refractivity contribution in [3.05, 3.63) is 65.7 Å². The van der Waals surface area contributed by atoms with Crippen LogP contribution in [0.1, 0.15) is 17.2 Å². The van der Waals surface area contributed by atoms with E-state index < -0.39 is 6.10 Å². The van der Waals surface area contributed by atoms with E-state index >= 15 is 0 Å². The number of aliphatic hydroxyl groups is 1. The highest BCUT2D eigenvalue weighted by Gasteiger charge is 2.11. The van der Waals surface area contributed by atoms with Crippen LogP contribution in [-0.2, 0) is 0 Å². The number of hydrogen-bond donors (Lipinski definition) is 1. The van der Waals surface area contributed by atoms with Crippen molar-refractivity contribution in [2.75, 3.05) is 6.61 Å². The van der Waals surface area contributed by atoms with Gasteiger partial charge in [0.05, 0.1) is 18.2 Å². The van der Waals surface area contributed by atoms with Gasteiger partial charge in [0.1, 0.15) is 11.9 Å². The van der Waals surface area contributed by atoms with Gasteiger partial charge in [0.2, 0.25) is 0 Å². The zero-order valence-electron chi connectivity index (χ0n) is 9.78. The molecule has 0 amide bonds. The maximum absolute atomic E-state index is 9.38. The van der Waals surface area contributed by atoms with Crippen molar-refractivity contribution in [2.24, 2.45) is 0 Å². The normalized spacial score (nSPS) is 11.6. The quantitative estimate of drug-likeness (QED) is 0.892. The second-order valence-electron chi connectivity index (χ2n) is 3.84. The smallest absolute Gasteiger partial charge is 0.147 e. The van der Waals surface area contributed by atoms with Crippen LogP contribution >= 0.6 is 0 Å². The van der Waals surface area contributed by atoms with Crippen LogP contribution in [0.2, 0.25) is 0 Å². The topological polar surface area (TPSA) is 53.2 Å². The molecule has 0 fully saturated rings. The molecule has 0 aromatic heterocycles. The molecular weight excluding hydrogens is 226 g/mol. The van der Waals surface area contributed by atoms with Gasteiger partial charge >= 0.3 is 0 Å². The number of nitriles is 1. The summed E-state index contributed by atoms with van der Waals surface area (Å²) in [4.78, 5) is 0. The maximum Gasteiger partial charge on any atom is 0.147 e. The standard InChI is InChI=1S/C15H13NO2/c16-10-12-5-4-8-14(9-12)18-15(11-17)13-6-2-1-3-7-13/h1-9,15,17H,11H2. The summed E-state index contributed by atoms with van der Waals surface area (Å²) >= 11 is 0. The Kier molecular flexibility index (Phi) is 3.95. The van der Waals surface area contributed by atoms with E-state index in [1.54, 1.807) is 24.3 Å². The first-order chi connectivity index (χ1) is 8.83. The zero-order chi connectivity index (χ0) is 12.8. The highest BCUT2D eigenvalue weighted by atomic mass is 16.5. The summed E-state index contributed by atoms with van der Waals surface area (Å²) in [6.45, 7) is -0.110. The Labute approximate surface area is 106 Å². The van der Waals surface area contributed by atoms with Crippen LogP contribution in [0.3, 0.4) is 0 Å². The lowest BCUT2D eigenvalue weighted by Gasteiger charge is -2.17. The Morgan fingerprint density at radius 2 is 1.89 bits per heavy atom. The minimum absolute atomic E-state index is 0.110. The molecule has 1 N–H and O–H groups in total. The molecule has 2 aromatic rings. The van der Waals surface area contributed by atoms with Crippen LogP contribution in [0, 0.1) is 11.3 Å². The molecule has 2 rings (SSSR count). The molecule has 1 atom stereocenters. The molecule has 1 unspecified atom stereocenters. The first kappa shape index (κ1) is 12.2. The zero-order valence-corrected chi connectivity index (χ0v) is 9.78.